The van der Waals surface area contributed by atoms with Crippen LogP contribution in [0.1, 0.15) is 17.5 Å². The summed E-state index contributed by atoms with van der Waals surface area (Å²) in [7, 11) is 0. The maximum Gasteiger partial charge on any atom is 0.272 e. The van der Waals surface area contributed by atoms with E-state index < -0.39 is 4.92 Å². The minimum atomic E-state index is -0.396. The van der Waals surface area contributed by atoms with Crippen molar-refractivity contribution in [3.8, 4) is 0 Å². The molecule has 1 atom stereocenters. The zero-order valence-electron chi connectivity index (χ0n) is 14.5. The van der Waals surface area contributed by atoms with Crippen LogP contribution in [0.3, 0.4) is 0 Å². The van der Waals surface area contributed by atoms with Crippen LogP contribution >= 0.6 is 0 Å². The molecule has 26 heavy (non-hydrogen) atoms. The number of ether oxygens (including phenoxy) is 1. The molecule has 0 radical (unpaired) electrons. The number of amides is 1. The zero-order chi connectivity index (χ0) is 18.4. The van der Waals surface area contributed by atoms with E-state index in [4.69, 9.17) is 4.74 Å². The summed E-state index contributed by atoms with van der Waals surface area (Å²) in [5.74, 6) is 0.0207. The molecule has 1 amide bonds. The Morgan fingerprint density at radius 2 is 1.88 bits per heavy atom. The molecule has 0 N–H and O–H groups in total. The number of hydrogen-bond donors (Lipinski definition) is 0. The molecule has 6 nitrogen and oxygen atoms in total. The SMILES string of the molecule is O=C(CCc1ccccc1[N+](=O)[O-])N1CCOC[C@@H]1Cc1ccccc1. The van der Waals surface area contributed by atoms with Gasteiger partial charge in [-0.15, -0.1) is 0 Å². The average Bonchev–Trinajstić information content (AvgIpc) is 2.67. The number of nitro benzene ring substituents is 1. The Labute approximate surface area is 152 Å². The molecule has 1 aliphatic heterocycles. The van der Waals surface area contributed by atoms with E-state index in [0.717, 1.165) is 6.42 Å². The molecule has 2 aromatic rings. The summed E-state index contributed by atoms with van der Waals surface area (Å²) in [6.45, 7) is 1.61. The largest absolute Gasteiger partial charge is 0.377 e. The fourth-order valence-electron chi connectivity index (χ4n) is 3.32. The first-order valence-electron chi connectivity index (χ1n) is 8.78. The van der Waals surface area contributed by atoms with Crippen molar-refractivity contribution < 1.29 is 14.5 Å². The van der Waals surface area contributed by atoms with Gasteiger partial charge in [0.15, 0.2) is 0 Å². The molecule has 1 saturated heterocycles. The maximum atomic E-state index is 12.8. The lowest BCUT2D eigenvalue weighted by Gasteiger charge is -2.36. The van der Waals surface area contributed by atoms with Crippen LogP contribution in [0.2, 0.25) is 0 Å². The summed E-state index contributed by atoms with van der Waals surface area (Å²) in [5, 5.41) is 11.1. The third-order valence-corrected chi connectivity index (χ3v) is 4.66. The van der Waals surface area contributed by atoms with E-state index in [1.807, 2.05) is 35.2 Å². The summed E-state index contributed by atoms with van der Waals surface area (Å²) in [6, 6.07) is 16.6. The molecule has 2 aromatic carbocycles. The van der Waals surface area contributed by atoms with Gasteiger partial charge >= 0.3 is 0 Å². The van der Waals surface area contributed by atoms with Crippen LogP contribution in [0.25, 0.3) is 0 Å². The fourth-order valence-corrected chi connectivity index (χ4v) is 3.32. The van der Waals surface area contributed by atoms with E-state index in [9.17, 15) is 14.9 Å². The Bertz CT molecular complexity index is 763. The Morgan fingerprint density at radius 3 is 2.65 bits per heavy atom. The number of carbonyl (C=O) groups excluding carboxylic acids is 1. The quantitative estimate of drug-likeness (QED) is 0.590. The highest BCUT2D eigenvalue weighted by molar-refractivity contribution is 5.77. The number of rotatable bonds is 6. The number of nitrogens with zero attached hydrogens (tertiary/aromatic N) is 2. The van der Waals surface area contributed by atoms with Gasteiger partial charge in [-0.2, -0.15) is 0 Å². The predicted molar refractivity (Wildman–Crippen MR) is 97.9 cm³/mol. The molecule has 0 unspecified atom stereocenters. The Morgan fingerprint density at radius 1 is 1.15 bits per heavy atom. The van der Waals surface area contributed by atoms with Gasteiger partial charge in [-0.25, -0.2) is 0 Å². The van der Waals surface area contributed by atoms with Gasteiger partial charge in [0.25, 0.3) is 5.69 Å². The van der Waals surface area contributed by atoms with Gasteiger partial charge in [0.2, 0.25) is 5.91 Å². The smallest absolute Gasteiger partial charge is 0.272 e. The number of para-hydroxylation sites is 1. The second-order valence-electron chi connectivity index (χ2n) is 6.39. The molecule has 1 heterocycles. The summed E-state index contributed by atoms with van der Waals surface area (Å²) in [4.78, 5) is 25.3. The number of morpholine rings is 1. The van der Waals surface area contributed by atoms with E-state index in [1.54, 1.807) is 18.2 Å². The van der Waals surface area contributed by atoms with Crippen molar-refractivity contribution in [3.63, 3.8) is 0 Å². The van der Waals surface area contributed by atoms with Crippen LogP contribution in [0.4, 0.5) is 5.69 Å². The van der Waals surface area contributed by atoms with Gasteiger partial charge in [-0.05, 0) is 18.4 Å². The van der Waals surface area contributed by atoms with Crippen LogP contribution in [0.5, 0.6) is 0 Å². The third kappa shape index (κ3) is 4.46. The van der Waals surface area contributed by atoms with Gasteiger partial charge in [0, 0.05) is 24.6 Å². The molecule has 136 valence electrons. The van der Waals surface area contributed by atoms with Crippen LogP contribution in [0, 0.1) is 10.1 Å². The Kier molecular flexibility index (Phi) is 5.96. The molecular formula is C20H22N2O4. The van der Waals surface area contributed by atoms with Crippen LogP contribution in [-0.2, 0) is 22.4 Å². The Balaban J connectivity index is 1.65. The molecule has 0 saturated carbocycles. The molecule has 6 heteroatoms. The first-order valence-corrected chi connectivity index (χ1v) is 8.78. The minimum Gasteiger partial charge on any atom is -0.377 e. The second-order valence-corrected chi connectivity index (χ2v) is 6.39. The molecular weight excluding hydrogens is 332 g/mol. The monoisotopic (exact) mass is 354 g/mol. The number of benzene rings is 2. The lowest BCUT2D eigenvalue weighted by molar-refractivity contribution is -0.385. The lowest BCUT2D eigenvalue weighted by atomic mass is 10.0. The van der Waals surface area contributed by atoms with E-state index in [1.165, 1.54) is 11.6 Å². The van der Waals surface area contributed by atoms with E-state index in [0.29, 0.717) is 31.7 Å². The van der Waals surface area contributed by atoms with Crippen molar-refractivity contribution in [2.24, 2.45) is 0 Å². The highest BCUT2D eigenvalue weighted by Crippen LogP contribution is 2.21. The molecule has 1 fully saturated rings. The summed E-state index contributed by atoms with van der Waals surface area (Å²) in [6.07, 6.45) is 1.37. The molecule has 0 bridgehead atoms. The normalized spacial score (nSPS) is 17.1. The molecule has 0 spiro atoms. The first kappa shape index (κ1) is 18.1. The molecule has 0 aromatic heterocycles. The lowest BCUT2D eigenvalue weighted by Crippen LogP contribution is -2.49. The third-order valence-electron chi connectivity index (χ3n) is 4.66. The van der Waals surface area contributed by atoms with Crippen molar-refractivity contribution in [3.05, 3.63) is 75.8 Å². The standard InChI is InChI=1S/C20H22N2O4/c23-20(11-10-17-8-4-5-9-19(17)22(24)25)21-12-13-26-15-18(21)14-16-6-2-1-3-7-16/h1-9,18H,10-15H2/t18-/m0/s1. The summed E-state index contributed by atoms with van der Waals surface area (Å²) >= 11 is 0. The average molecular weight is 354 g/mol. The minimum absolute atomic E-state index is 0.00408. The maximum absolute atomic E-state index is 12.8. The van der Waals surface area contributed by atoms with Crippen LogP contribution < -0.4 is 0 Å². The van der Waals surface area contributed by atoms with E-state index >= 15 is 0 Å². The van der Waals surface area contributed by atoms with Crippen molar-refractivity contribution in [2.45, 2.75) is 25.3 Å². The number of nitro groups is 1. The Hall–Kier alpha value is -2.73. The van der Waals surface area contributed by atoms with Crippen molar-refractivity contribution in [1.82, 2.24) is 4.90 Å². The van der Waals surface area contributed by atoms with E-state index in [2.05, 4.69) is 0 Å². The van der Waals surface area contributed by atoms with Gasteiger partial charge < -0.3 is 9.64 Å². The zero-order valence-corrected chi connectivity index (χ0v) is 14.5. The first-order chi connectivity index (χ1) is 12.6. The van der Waals surface area contributed by atoms with E-state index in [-0.39, 0.29) is 24.1 Å². The topological polar surface area (TPSA) is 72.7 Å². The number of aryl methyl sites for hydroxylation is 1. The molecule has 3 rings (SSSR count). The fraction of sp³-hybridized carbons (Fsp3) is 0.350. The van der Waals surface area contributed by atoms with Crippen LogP contribution in [-0.4, -0.2) is 41.5 Å². The number of hydrogen-bond acceptors (Lipinski definition) is 4. The van der Waals surface area contributed by atoms with Gasteiger partial charge in [-0.1, -0.05) is 48.5 Å². The van der Waals surface area contributed by atoms with Crippen molar-refractivity contribution >= 4 is 11.6 Å². The van der Waals surface area contributed by atoms with Crippen molar-refractivity contribution in [2.75, 3.05) is 19.8 Å². The molecule has 0 aliphatic carbocycles. The highest BCUT2D eigenvalue weighted by atomic mass is 16.6. The predicted octanol–water partition coefficient (Wildman–Crippen LogP) is 3.00. The highest BCUT2D eigenvalue weighted by Gasteiger charge is 2.27. The van der Waals surface area contributed by atoms with Crippen LogP contribution in [0.15, 0.2) is 54.6 Å². The van der Waals surface area contributed by atoms with Gasteiger partial charge in [0.05, 0.1) is 24.2 Å². The second kappa shape index (κ2) is 8.58. The summed E-state index contributed by atoms with van der Waals surface area (Å²) < 4.78 is 5.56. The van der Waals surface area contributed by atoms with Gasteiger partial charge in [0.1, 0.15) is 0 Å². The number of carbonyl (C=O) groups is 1. The van der Waals surface area contributed by atoms with Crippen molar-refractivity contribution in [1.29, 1.82) is 0 Å². The summed E-state index contributed by atoms with van der Waals surface area (Å²) in [5.41, 5.74) is 1.83. The van der Waals surface area contributed by atoms with Gasteiger partial charge in [-0.3, -0.25) is 14.9 Å². The molecule has 1 aliphatic rings.